The molecule has 0 unspecified atom stereocenters. The standard InChI is InChI=1S/C5H11NO3S2.Na/c7-11(8,9)6-5-2-1-3-10-4-5;/h5-6H,1-4H2,(H,7,8,9);/q;+1/p-1/t5-;/m0./s1. The molecule has 1 aliphatic rings. The molecule has 1 heterocycles. The van der Waals surface area contributed by atoms with Crippen molar-refractivity contribution in [2.45, 2.75) is 18.9 Å². The molecule has 1 atom stereocenters. The number of hydrogen-bond acceptors (Lipinski definition) is 4. The molecule has 66 valence electrons. The Morgan fingerprint density at radius 3 is 2.58 bits per heavy atom. The fraction of sp³-hybridized carbons (Fsp3) is 1.00. The molecule has 1 rings (SSSR count). The van der Waals surface area contributed by atoms with Crippen LogP contribution in [0.15, 0.2) is 0 Å². The average molecular weight is 219 g/mol. The monoisotopic (exact) mass is 219 g/mol. The summed E-state index contributed by atoms with van der Waals surface area (Å²) in [6.45, 7) is 0. The Morgan fingerprint density at radius 1 is 1.50 bits per heavy atom. The van der Waals surface area contributed by atoms with E-state index in [4.69, 9.17) is 0 Å². The van der Waals surface area contributed by atoms with E-state index < -0.39 is 10.3 Å². The van der Waals surface area contributed by atoms with Crippen molar-refractivity contribution in [3.63, 3.8) is 0 Å². The van der Waals surface area contributed by atoms with Crippen LogP contribution in [0.1, 0.15) is 12.8 Å². The second kappa shape index (κ2) is 5.85. The third kappa shape index (κ3) is 5.80. The maximum atomic E-state index is 10.2. The molecule has 0 bridgehead atoms. The van der Waals surface area contributed by atoms with Gasteiger partial charge >= 0.3 is 29.6 Å². The first kappa shape index (κ1) is 13.2. The minimum atomic E-state index is -4.24. The minimum absolute atomic E-state index is 0. The summed E-state index contributed by atoms with van der Waals surface area (Å²) < 4.78 is 32.7. The van der Waals surface area contributed by atoms with Crippen molar-refractivity contribution in [3.8, 4) is 0 Å². The van der Waals surface area contributed by atoms with Gasteiger partial charge in [-0.15, -0.1) is 0 Å². The van der Waals surface area contributed by atoms with Gasteiger partial charge in [-0.25, -0.2) is 13.1 Å². The molecular formula is C5H10NNaO3S2. The van der Waals surface area contributed by atoms with Gasteiger partial charge in [0.25, 0.3) is 0 Å². The summed E-state index contributed by atoms with van der Waals surface area (Å²) in [7, 11) is -4.24. The zero-order valence-electron chi connectivity index (χ0n) is 6.95. The topological polar surface area (TPSA) is 69.2 Å². The van der Waals surface area contributed by atoms with E-state index in [9.17, 15) is 13.0 Å². The molecule has 0 aromatic heterocycles. The van der Waals surface area contributed by atoms with E-state index in [0.717, 1.165) is 24.3 Å². The number of rotatable bonds is 2. The van der Waals surface area contributed by atoms with Crippen molar-refractivity contribution < 1.29 is 42.5 Å². The van der Waals surface area contributed by atoms with Crippen molar-refractivity contribution in [3.05, 3.63) is 0 Å². The Balaban J connectivity index is 0.00000121. The SMILES string of the molecule is O=S(=O)([O-])N[C@H]1CCCSC1.[Na+]. The van der Waals surface area contributed by atoms with E-state index in [-0.39, 0.29) is 35.6 Å². The largest absolute Gasteiger partial charge is 1.00 e. The van der Waals surface area contributed by atoms with Gasteiger partial charge in [0.1, 0.15) is 0 Å². The average Bonchev–Trinajstić information content (AvgIpc) is 1.85. The van der Waals surface area contributed by atoms with Gasteiger partial charge in [-0.2, -0.15) is 11.8 Å². The smallest absolute Gasteiger partial charge is 0.735 e. The molecule has 1 N–H and O–H groups in total. The van der Waals surface area contributed by atoms with Gasteiger partial charge < -0.3 is 4.55 Å². The molecule has 0 saturated carbocycles. The van der Waals surface area contributed by atoms with Crippen LogP contribution in [0.25, 0.3) is 0 Å². The Hall–Kier alpha value is 1.22. The van der Waals surface area contributed by atoms with Crippen molar-refractivity contribution in [2.75, 3.05) is 11.5 Å². The van der Waals surface area contributed by atoms with Crippen LogP contribution in [0.4, 0.5) is 0 Å². The molecule has 1 aliphatic heterocycles. The van der Waals surface area contributed by atoms with Gasteiger partial charge in [0, 0.05) is 11.8 Å². The Morgan fingerprint density at radius 2 is 2.17 bits per heavy atom. The van der Waals surface area contributed by atoms with E-state index in [1.807, 2.05) is 0 Å². The van der Waals surface area contributed by atoms with Crippen LogP contribution in [-0.2, 0) is 10.3 Å². The van der Waals surface area contributed by atoms with Gasteiger partial charge in [-0.1, -0.05) is 0 Å². The quantitative estimate of drug-likeness (QED) is 0.395. The van der Waals surface area contributed by atoms with Gasteiger partial charge in [-0.05, 0) is 18.6 Å². The van der Waals surface area contributed by atoms with Gasteiger partial charge in [0.05, 0.1) is 0 Å². The van der Waals surface area contributed by atoms with Crippen molar-refractivity contribution in [2.24, 2.45) is 0 Å². The Labute approximate surface area is 99.0 Å². The number of thioether (sulfide) groups is 1. The van der Waals surface area contributed by atoms with Crippen LogP contribution >= 0.6 is 11.8 Å². The molecule has 0 aromatic rings. The zero-order valence-corrected chi connectivity index (χ0v) is 10.6. The molecule has 0 spiro atoms. The third-order valence-electron chi connectivity index (χ3n) is 1.47. The fourth-order valence-electron chi connectivity index (χ4n) is 1.04. The second-order valence-electron chi connectivity index (χ2n) is 2.49. The summed E-state index contributed by atoms with van der Waals surface area (Å²) in [5, 5.41) is 0. The van der Waals surface area contributed by atoms with Crippen LogP contribution in [0.3, 0.4) is 0 Å². The van der Waals surface area contributed by atoms with E-state index in [2.05, 4.69) is 4.72 Å². The zero-order chi connectivity index (χ0) is 8.32. The summed E-state index contributed by atoms with van der Waals surface area (Å²) in [4.78, 5) is 0. The van der Waals surface area contributed by atoms with E-state index in [0.29, 0.717) is 0 Å². The maximum absolute atomic E-state index is 10.2. The first-order chi connectivity index (χ1) is 5.08. The Kier molecular flexibility index (Phi) is 6.44. The summed E-state index contributed by atoms with van der Waals surface area (Å²) in [5.41, 5.74) is 0. The minimum Gasteiger partial charge on any atom is -0.735 e. The van der Waals surface area contributed by atoms with Gasteiger partial charge in [0.15, 0.2) is 10.3 Å². The molecule has 0 aromatic carbocycles. The van der Waals surface area contributed by atoms with E-state index >= 15 is 0 Å². The summed E-state index contributed by atoms with van der Waals surface area (Å²) >= 11 is 1.68. The number of nitrogens with one attached hydrogen (secondary N) is 1. The molecule has 0 radical (unpaired) electrons. The predicted molar refractivity (Wildman–Crippen MR) is 43.2 cm³/mol. The third-order valence-corrected chi connectivity index (χ3v) is 3.31. The molecule has 0 aliphatic carbocycles. The first-order valence-corrected chi connectivity index (χ1v) is 5.95. The van der Waals surface area contributed by atoms with Crippen molar-refractivity contribution >= 4 is 22.1 Å². The molecule has 0 amide bonds. The summed E-state index contributed by atoms with van der Waals surface area (Å²) in [6.07, 6.45) is 1.77. The molecule has 7 heteroatoms. The predicted octanol–water partition coefficient (Wildman–Crippen LogP) is -3.06. The van der Waals surface area contributed by atoms with Crippen LogP contribution in [0, 0.1) is 0 Å². The summed E-state index contributed by atoms with van der Waals surface area (Å²) in [6, 6.07) is -0.142. The Bertz CT molecular complexity index is 213. The van der Waals surface area contributed by atoms with Gasteiger partial charge in [0.2, 0.25) is 0 Å². The van der Waals surface area contributed by atoms with Crippen LogP contribution < -0.4 is 34.3 Å². The van der Waals surface area contributed by atoms with E-state index in [1.165, 1.54) is 0 Å². The van der Waals surface area contributed by atoms with Crippen molar-refractivity contribution in [1.29, 1.82) is 0 Å². The van der Waals surface area contributed by atoms with Crippen molar-refractivity contribution in [1.82, 2.24) is 4.72 Å². The van der Waals surface area contributed by atoms with Crippen LogP contribution in [0.2, 0.25) is 0 Å². The molecule has 1 saturated heterocycles. The van der Waals surface area contributed by atoms with Crippen LogP contribution in [-0.4, -0.2) is 30.5 Å². The number of hydrogen-bond donors (Lipinski definition) is 1. The summed E-state index contributed by atoms with van der Waals surface area (Å²) in [5.74, 6) is 1.79. The fourth-order valence-corrected chi connectivity index (χ4v) is 2.82. The molecular weight excluding hydrogens is 209 g/mol. The second-order valence-corrected chi connectivity index (χ2v) is 4.78. The first-order valence-electron chi connectivity index (χ1n) is 3.39. The van der Waals surface area contributed by atoms with E-state index in [1.54, 1.807) is 11.8 Å². The molecule has 12 heavy (non-hydrogen) atoms. The normalized spacial score (nSPS) is 24.6. The van der Waals surface area contributed by atoms with Gasteiger partial charge in [-0.3, -0.25) is 0 Å². The molecule has 1 fully saturated rings. The van der Waals surface area contributed by atoms with Crippen LogP contribution in [0.5, 0.6) is 0 Å². The molecule has 4 nitrogen and oxygen atoms in total. The maximum Gasteiger partial charge on any atom is 1.00 e.